The van der Waals surface area contributed by atoms with Crippen molar-refractivity contribution >= 4 is 17.7 Å². The standard InChI is InChI=1S/C20H22N4O2S/c1-14-8-9-17(10-15(14)2)24-13-22-23-20(24)27-12-19(25)21-11-16-6-4-5-7-18(16)26-3/h4-10,13H,11-12H2,1-3H3,(H,21,25). The van der Waals surface area contributed by atoms with Crippen LogP contribution in [0.2, 0.25) is 0 Å². The van der Waals surface area contributed by atoms with Gasteiger partial charge < -0.3 is 10.1 Å². The first kappa shape index (κ1) is 19.0. The smallest absolute Gasteiger partial charge is 0.230 e. The molecule has 7 heteroatoms. The SMILES string of the molecule is COc1ccccc1CNC(=O)CSc1nncn1-c1ccc(C)c(C)c1. The van der Waals surface area contributed by atoms with Gasteiger partial charge in [0.1, 0.15) is 12.1 Å². The molecule has 1 aromatic heterocycles. The maximum Gasteiger partial charge on any atom is 0.230 e. The molecule has 6 nitrogen and oxygen atoms in total. The van der Waals surface area contributed by atoms with Crippen LogP contribution < -0.4 is 10.1 Å². The molecule has 0 aliphatic rings. The summed E-state index contributed by atoms with van der Waals surface area (Å²) < 4.78 is 7.19. The normalized spacial score (nSPS) is 10.6. The predicted octanol–water partition coefficient (Wildman–Crippen LogP) is 3.30. The lowest BCUT2D eigenvalue weighted by Gasteiger charge is -2.10. The van der Waals surface area contributed by atoms with Gasteiger partial charge >= 0.3 is 0 Å². The van der Waals surface area contributed by atoms with Gasteiger partial charge in [-0.05, 0) is 43.2 Å². The molecule has 0 aliphatic heterocycles. The molecular weight excluding hydrogens is 360 g/mol. The Bertz CT molecular complexity index is 939. The van der Waals surface area contributed by atoms with E-state index in [0.717, 1.165) is 17.0 Å². The molecule has 0 unspecified atom stereocenters. The number of benzene rings is 2. The predicted molar refractivity (Wildman–Crippen MR) is 106 cm³/mol. The van der Waals surface area contributed by atoms with E-state index < -0.39 is 0 Å². The number of aryl methyl sites for hydroxylation is 2. The third kappa shape index (κ3) is 4.68. The first-order chi connectivity index (χ1) is 13.1. The molecule has 2 aromatic carbocycles. The van der Waals surface area contributed by atoms with E-state index in [1.54, 1.807) is 13.4 Å². The Morgan fingerprint density at radius 2 is 2.00 bits per heavy atom. The third-order valence-corrected chi connectivity index (χ3v) is 5.23. The van der Waals surface area contributed by atoms with Gasteiger partial charge in [0.15, 0.2) is 5.16 Å². The Balaban J connectivity index is 1.60. The Labute approximate surface area is 163 Å². The number of nitrogens with one attached hydrogen (secondary N) is 1. The largest absolute Gasteiger partial charge is 0.496 e. The molecule has 0 atom stereocenters. The van der Waals surface area contributed by atoms with Gasteiger partial charge in [-0.3, -0.25) is 9.36 Å². The Hall–Kier alpha value is -2.80. The molecule has 0 saturated carbocycles. The summed E-state index contributed by atoms with van der Waals surface area (Å²) in [4.78, 5) is 12.2. The van der Waals surface area contributed by atoms with Crippen LogP contribution in [0.4, 0.5) is 0 Å². The molecule has 0 bridgehead atoms. The van der Waals surface area contributed by atoms with Crippen molar-refractivity contribution in [2.24, 2.45) is 0 Å². The van der Waals surface area contributed by atoms with Crippen LogP contribution in [0.5, 0.6) is 5.75 Å². The van der Waals surface area contributed by atoms with Crippen molar-refractivity contribution in [1.82, 2.24) is 20.1 Å². The minimum absolute atomic E-state index is 0.0689. The quantitative estimate of drug-likeness (QED) is 0.635. The molecular formula is C20H22N4O2S. The number of thioether (sulfide) groups is 1. The van der Waals surface area contributed by atoms with Crippen molar-refractivity contribution in [2.45, 2.75) is 25.5 Å². The molecule has 0 fully saturated rings. The highest BCUT2D eigenvalue weighted by Gasteiger charge is 2.11. The fourth-order valence-electron chi connectivity index (χ4n) is 2.60. The van der Waals surface area contributed by atoms with Gasteiger partial charge in [-0.15, -0.1) is 10.2 Å². The molecule has 0 spiro atoms. The summed E-state index contributed by atoms with van der Waals surface area (Å²) in [6, 6.07) is 13.8. The van der Waals surface area contributed by atoms with E-state index in [9.17, 15) is 4.79 Å². The van der Waals surface area contributed by atoms with Crippen LogP contribution in [0.3, 0.4) is 0 Å². The average molecular weight is 382 g/mol. The molecule has 0 aliphatic carbocycles. The first-order valence-electron chi connectivity index (χ1n) is 8.57. The monoisotopic (exact) mass is 382 g/mol. The van der Waals surface area contributed by atoms with E-state index in [2.05, 4.69) is 41.5 Å². The highest BCUT2D eigenvalue weighted by Crippen LogP contribution is 2.21. The van der Waals surface area contributed by atoms with Gasteiger partial charge in [-0.1, -0.05) is 36.0 Å². The number of hydrogen-bond donors (Lipinski definition) is 1. The van der Waals surface area contributed by atoms with E-state index >= 15 is 0 Å². The second kappa shape index (κ2) is 8.73. The van der Waals surface area contributed by atoms with Crippen LogP contribution in [-0.2, 0) is 11.3 Å². The minimum atomic E-state index is -0.0689. The van der Waals surface area contributed by atoms with Crippen molar-refractivity contribution in [3.05, 3.63) is 65.5 Å². The number of methoxy groups -OCH3 is 1. The molecule has 1 heterocycles. The zero-order chi connectivity index (χ0) is 19.2. The molecule has 3 rings (SSSR count). The Morgan fingerprint density at radius 1 is 1.19 bits per heavy atom. The van der Waals surface area contributed by atoms with Crippen LogP contribution >= 0.6 is 11.8 Å². The maximum atomic E-state index is 12.2. The number of amides is 1. The lowest BCUT2D eigenvalue weighted by Crippen LogP contribution is -2.25. The molecule has 140 valence electrons. The van der Waals surface area contributed by atoms with Crippen molar-refractivity contribution in [3.8, 4) is 11.4 Å². The highest BCUT2D eigenvalue weighted by atomic mass is 32.2. The van der Waals surface area contributed by atoms with Gasteiger partial charge in [0.2, 0.25) is 5.91 Å². The Kier molecular flexibility index (Phi) is 6.13. The summed E-state index contributed by atoms with van der Waals surface area (Å²) >= 11 is 1.36. The summed E-state index contributed by atoms with van der Waals surface area (Å²) in [5, 5.41) is 11.7. The lowest BCUT2D eigenvalue weighted by molar-refractivity contribution is -0.118. The molecule has 0 saturated heterocycles. The lowest BCUT2D eigenvalue weighted by atomic mass is 10.1. The summed E-state index contributed by atoms with van der Waals surface area (Å²) in [6.07, 6.45) is 1.67. The third-order valence-electron chi connectivity index (χ3n) is 4.29. The van der Waals surface area contributed by atoms with Crippen LogP contribution in [0.15, 0.2) is 53.9 Å². The van der Waals surface area contributed by atoms with Gasteiger partial charge in [-0.2, -0.15) is 0 Å². The van der Waals surface area contributed by atoms with Gasteiger partial charge in [0.05, 0.1) is 12.9 Å². The molecule has 3 aromatic rings. The number of nitrogens with zero attached hydrogens (tertiary/aromatic N) is 3. The van der Waals surface area contributed by atoms with Crippen molar-refractivity contribution < 1.29 is 9.53 Å². The number of ether oxygens (including phenoxy) is 1. The average Bonchev–Trinajstić information content (AvgIpc) is 3.15. The van der Waals surface area contributed by atoms with Crippen LogP contribution in [0.25, 0.3) is 5.69 Å². The molecule has 1 N–H and O–H groups in total. The summed E-state index contributed by atoms with van der Waals surface area (Å²) in [6.45, 7) is 4.57. The fourth-order valence-corrected chi connectivity index (χ4v) is 3.36. The van der Waals surface area contributed by atoms with Gasteiger partial charge in [0.25, 0.3) is 0 Å². The zero-order valence-electron chi connectivity index (χ0n) is 15.6. The second-order valence-corrected chi connectivity index (χ2v) is 7.07. The molecule has 1 amide bonds. The number of aromatic nitrogens is 3. The second-order valence-electron chi connectivity index (χ2n) is 6.13. The number of carbonyl (C=O) groups is 1. The number of para-hydroxylation sites is 1. The van der Waals surface area contributed by atoms with Gasteiger partial charge in [0, 0.05) is 17.8 Å². The van der Waals surface area contributed by atoms with Crippen LogP contribution in [0.1, 0.15) is 16.7 Å². The van der Waals surface area contributed by atoms with E-state index in [1.807, 2.05) is 34.9 Å². The van der Waals surface area contributed by atoms with Crippen LogP contribution in [0, 0.1) is 13.8 Å². The van der Waals surface area contributed by atoms with Crippen LogP contribution in [-0.4, -0.2) is 33.5 Å². The van der Waals surface area contributed by atoms with Gasteiger partial charge in [-0.25, -0.2) is 0 Å². The van der Waals surface area contributed by atoms with Crippen molar-refractivity contribution in [1.29, 1.82) is 0 Å². The highest BCUT2D eigenvalue weighted by molar-refractivity contribution is 7.99. The van der Waals surface area contributed by atoms with E-state index in [1.165, 1.54) is 22.9 Å². The number of rotatable bonds is 7. The topological polar surface area (TPSA) is 69.0 Å². The van der Waals surface area contributed by atoms with E-state index in [-0.39, 0.29) is 11.7 Å². The molecule has 0 radical (unpaired) electrons. The Morgan fingerprint density at radius 3 is 2.78 bits per heavy atom. The zero-order valence-corrected chi connectivity index (χ0v) is 16.4. The van der Waals surface area contributed by atoms with Crippen molar-refractivity contribution in [2.75, 3.05) is 12.9 Å². The number of hydrogen-bond acceptors (Lipinski definition) is 5. The van der Waals surface area contributed by atoms with E-state index in [4.69, 9.17) is 4.74 Å². The summed E-state index contributed by atoms with van der Waals surface area (Å²) in [5.41, 5.74) is 4.36. The van der Waals surface area contributed by atoms with Crippen molar-refractivity contribution in [3.63, 3.8) is 0 Å². The fraction of sp³-hybridized carbons (Fsp3) is 0.250. The minimum Gasteiger partial charge on any atom is -0.496 e. The summed E-state index contributed by atoms with van der Waals surface area (Å²) in [5.74, 6) is 0.957. The van der Waals surface area contributed by atoms with E-state index in [0.29, 0.717) is 11.7 Å². The maximum absolute atomic E-state index is 12.2. The molecule has 27 heavy (non-hydrogen) atoms. The first-order valence-corrected chi connectivity index (χ1v) is 9.56. The summed E-state index contributed by atoms with van der Waals surface area (Å²) in [7, 11) is 1.62. The number of carbonyl (C=O) groups excluding carboxylic acids is 1.